The second-order valence-corrected chi connectivity index (χ2v) is 10.2. The number of alkyl halides is 3. The van der Waals surface area contributed by atoms with E-state index in [1.165, 1.54) is 0 Å². The van der Waals surface area contributed by atoms with E-state index in [-0.39, 0.29) is 12.4 Å². The Bertz CT molecular complexity index is 1790. The van der Waals surface area contributed by atoms with Crippen LogP contribution in [0.5, 0.6) is 17.2 Å². The van der Waals surface area contributed by atoms with Gasteiger partial charge in [-0.15, -0.1) is 0 Å². The van der Waals surface area contributed by atoms with Gasteiger partial charge in [-0.3, -0.25) is 0 Å². The average Bonchev–Trinajstić information content (AvgIpc) is 3.39. The second-order valence-electron chi connectivity index (χ2n) is 9.41. The quantitative estimate of drug-likeness (QED) is 0.176. The molecule has 5 aromatic rings. The van der Waals surface area contributed by atoms with Gasteiger partial charge in [-0.2, -0.15) is 13.2 Å². The first-order valence-electron chi connectivity index (χ1n) is 13.0. The van der Waals surface area contributed by atoms with Crippen molar-refractivity contribution in [3.63, 3.8) is 0 Å². The number of benzene rings is 4. The third-order valence-corrected chi connectivity index (χ3v) is 7.11. The number of aryl methyl sites for hydroxylation is 1. The summed E-state index contributed by atoms with van der Waals surface area (Å²) in [5.74, 6) is -0.0420. The highest BCUT2D eigenvalue weighted by molar-refractivity contribution is 6.36. The molecular formula is C32H23Cl2F3N2O4. The molecule has 0 amide bonds. The molecule has 220 valence electrons. The van der Waals surface area contributed by atoms with E-state index in [1.807, 2.05) is 54.1 Å². The number of ether oxygens (including phenoxy) is 2. The fraction of sp³-hybridized carbons (Fsp3) is 0.125. The van der Waals surface area contributed by atoms with Gasteiger partial charge in [0.1, 0.15) is 29.7 Å². The molecule has 0 radical (unpaired) electrons. The normalized spacial score (nSPS) is 11.4. The summed E-state index contributed by atoms with van der Waals surface area (Å²) >= 11 is 12.4. The van der Waals surface area contributed by atoms with E-state index in [2.05, 4.69) is 0 Å². The molecule has 0 fully saturated rings. The van der Waals surface area contributed by atoms with Crippen LogP contribution in [0.15, 0.2) is 91.1 Å². The van der Waals surface area contributed by atoms with Crippen molar-refractivity contribution < 1.29 is 32.5 Å². The number of hydrogen-bond acceptors (Lipinski definition) is 4. The van der Waals surface area contributed by atoms with Gasteiger partial charge in [-0.25, -0.2) is 9.78 Å². The molecule has 0 unspecified atom stereocenters. The van der Waals surface area contributed by atoms with Gasteiger partial charge in [0.05, 0.1) is 21.8 Å². The van der Waals surface area contributed by atoms with Gasteiger partial charge >= 0.3 is 12.1 Å². The van der Waals surface area contributed by atoms with Crippen molar-refractivity contribution in [2.75, 3.05) is 0 Å². The third-order valence-electron chi connectivity index (χ3n) is 6.56. The van der Waals surface area contributed by atoms with Crippen LogP contribution in [-0.2, 0) is 19.3 Å². The summed E-state index contributed by atoms with van der Waals surface area (Å²) in [6.45, 7) is 2.93. The largest absolute Gasteiger partial charge is 0.486 e. The summed E-state index contributed by atoms with van der Waals surface area (Å²) in [5.41, 5.74) is 0.981. The molecule has 1 aromatic heterocycles. The maximum Gasteiger partial charge on any atom is 0.417 e. The molecule has 1 N–H and O–H groups in total. The molecule has 43 heavy (non-hydrogen) atoms. The minimum Gasteiger partial charge on any atom is -0.486 e. The zero-order valence-electron chi connectivity index (χ0n) is 22.5. The Hall–Kier alpha value is -4.47. The van der Waals surface area contributed by atoms with Crippen LogP contribution in [0.2, 0.25) is 10.0 Å². The molecule has 11 heteroatoms. The monoisotopic (exact) mass is 626 g/mol. The SMILES string of the molecule is CCn1cc(-c2ccc(Cl)cc2Cl)nc1COc1ccc(-c2cccc(Oc3ccc(C(F)(F)F)c(C(=O)O)c3)c2)cc1. The molecule has 0 spiro atoms. The number of carboxylic acids is 1. The maximum atomic E-state index is 13.2. The van der Waals surface area contributed by atoms with E-state index in [0.717, 1.165) is 40.3 Å². The maximum absolute atomic E-state index is 13.2. The van der Waals surface area contributed by atoms with E-state index in [9.17, 15) is 23.1 Å². The molecule has 0 aliphatic carbocycles. The van der Waals surface area contributed by atoms with Crippen molar-refractivity contribution in [2.24, 2.45) is 0 Å². The van der Waals surface area contributed by atoms with E-state index in [4.69, 9.17) is 37.7 Å². The number of halogens is 5. The highest BCUT2D eigenvalue weighted by Gasteiger charge is 2.35. The molecule has 4 aromatic carbocycles. The molecule has 6 nitrogen and oxygen atoms in total. The van der Waals surface area contributed by atoms with Crippen LogP contribution in [0.4, 0.5) is 13.2 Å². The second kappa shape index (κ2) is 12.4. The minimum absolute atomic E-state index is 0.0294. The number of carbonyl (C=O) groups is 1. The van der Waals surface area contributed by atoms with Crippen molar-refractivity contribution in [1.82, 2.24) is 9.55 Å². The zero-order valence-corrected chi connectivity index (χ0v) is 24.0. The minimum atomic E-state index is -4.80. The van der Waals surface area contributed by atoms with Gasteiger partial charge in [0.25, 0.3) is 0 Å². The predicted molar refractivity (Wildman–Crippen MR) is 158 cm³/mol. The molecule has 0 aliphatic rings. The lowest BCUT2D eigenvalue weighted by atomic mass is 10.1. The lowest BCUT2D eigenvalue weighted by Crippen LogP contribution is -2.12. The Kier molecular flexibility index (Phi) is 8.66. The van der Waals surface area contributed by atoms with Crippen LogP contribution >= 0.6 is 23.2 Å². The van der Waals surface area contributed by atoms with Crippen molar-refractivity contribution in [3.8, 4) is 39.6 Å². The van der Waals surface area contributed by atoms with Gasteiger partial charge in [0.15, 0.2) is 0 Å². The molecule has 5 rings (SSSR count). The fourth-order valence-corrected chi connectivity index (χ4v) is 4.95. The van der Waals surface area contributed by atoms with Crippen LogP contribution < -0.4 is 9.47 Å². The Morgan fingerprint density at radius 1 is 0.907 bits per heavy atom. The molecule has 1 heterocycles. The lowest BCUT2D eigenvalue weighted by molar-refractivity contribution is -0.138. The Labute approximate surface area is 254 Å². The molecule has 0 saturated heterocycles. The predicted octanol–water partition coefficient (Wildman–Crippen LogP) is 9.63. The summed E-state index contributed by atoms with van der Waals surface area (Å²) in [7, 11) is 0. The van der Waals surface area contributed by atoms with Gasteiger partial charge in [-0.1, -0.05) is 47.5 Å². The highest BCUT2D eigenvalue weighted by atomic mass is 35.5. The Morgan fingerprint density at radius 2 is 1.63 bits per heavy atom. The summed E-state index contributed by atoms with van der Waals surface area (Å²) in [4.78, 5) is 16.1. The van der Waals surface area contributed by atoms with E-state index >= 15 is 0 Å². The highest BCUT2D eigenvalue weighted by Crippen LogP contribution is 2.36. The number of aromatic nitrogens is 2. The summed E-state index contributed by atoms with van der Waals surface area (Å²) in [5, 5.41) is 10.3. The molecular weight excluding hydrogens is 604 g/mol. The van der Waals surface area contributed by atoms with E-state index in [1.54, 1.807) is 30.3 Å². The van der Waals surface area contributed by atoms with Gasteiger partial charge < -0.3 is 19.1 Å². The third kappa shape index (κ3) is 6.96. The summed E-state index contributed by atoms with van der Waals surface area (Å²) in [6, 6.07) is 22.2. The number of nitrogens with zero attached hydrogens (tertiary/aromatic N) is 2. The van der Waals surface area contributed by atoms with Crippen LogP contribution in [0.3, 0.4) is 0 Å². The van der Waals surface area contributed by atoms with Crippen molar-refractivity contribution in [3.05, 3.63) is 118 Å². The lowest BCUT2D eigenvalue weighted by Gasteiger charge is -2.13. The smallest absolute Gasteiger partial charge is 0.417 e. The number of hydrogen-bond donors (Lipinski definition) is 1. The number of rotatable bonds is 9. The topological polar surface area (TPSA) is 73.6 Å². The van der Waals surface area contributed by atoms with Crippen LogP contribution in [0.1, 0.15) is 28.7 Å². The Balaban J connectivity index is 1.28. The van der Waals surface area contributed by atoms with Crippen molar-refractivity contribution in [1.29, 1.82) is 0 Å². The zero-order chi connectivity index (χ0) is 30.7. The fourth-order valence-electron chi connectivity index (χ4n) is 4.45. The van der Waals surface area contributed by atoms with Crippen LogP contribution in [0.25, 0.3) is 22.4 Å². The first kappa shape index (κ1) is 30.0. The molecule has 0 bridgehead atoms. The number of carboxylic acid groups (broad SMARTS) is 1. The molecule has 0 saturated carbocycles. The Morgan fingerprint density at radius 3 is 2.30 bits per heavy atom. The molecule has 0 aliphatic heterocycles. The van der Waals surface area contributed by atoms with Crippen molar-refractivity contribution >= 4 is 29.2 Å². The number of imidazole rings is 1. The average molecular weight is 627 g/mol. The van der Waals surface area contributed by atoms with E-state index in [0.29, 0.717) is 34.2 Å². The standard InChI is InChI=1S/C32H23Cl2F3N2O4/c1-2-39-17-29(25-12-8-21(33)15-28(25)34)38-30(39)18-42-22-9-6-19(7-10-22)20-4-3-5-23(14-20)43-24-11-13-27(32(35,36)37)26(16-24)31(40)41/h3-17H,2,18H2,1H3,(H,40,41). The first-order chi connectivity index (χ1) is 20.5. The molecule has 0 atom stereocenters. The van der Waals surface area contributed by atoms with Crippen LogP contribution in [-0.4, -0.2) is 20.6 Å². The van der Waals surface area contributed by atoms with Crippen molar-refractivity contribution in [2.45, 2.75) is 26.3 Å². The van der Waals surface area contributed by atoms with Crippen LogP contribution in [0, 0.1) is 0 Å². The van der Waals surface area contributed by atoms with Gasteiger partial charge in [0, 0.05) is 23.3 Å². The number of aromatic carboxylic acids is 1. The van der Waals surface area contributed by atoms with Gasteiger partial charge in [-0.05, 0) is 78.7 Å². The summed E-state index contributed by atoms with van der Waals surface area (Å²) < 4.78 is 53.2. The summed E-state index contributed by atoms with van der Waals surface area (Å²) in [6.07, 6.45) is -2.88. The first-order valence-corrected chi connectivity index (χ1v) is 13.7. The van der Waals surface area contributed by atoms with E-state index < -0.39 is 23.3 Å². The van der Waals surface area contributed by atoms with Gasteiger partial charge in [0.2, 0.25) is 0 Å².